The van der Waals surface area contributed by atoms with Gasteiger partial charge in [0.15, 0.2) is 17.5 Å². The monoisotopic (exact) mass is 443 g/mol. The second-order valence-electron chi connectivity index (χ2n) is 8.17. The molecule has 1 amide bonds. The molecule has 2 N–H and O–H groups in total. The number of benzene rings is 2. The Kier molecular flexibility index (Phi) is 6.16. The molecule has 0 aliphatic heterocycles. The number of fused-ring (bicyclic) bond motifs is 1. The maximum Gasteiger partial charge on any atom is 0.254 e. The van der Waals surface area contributed by atoms with E-state index in [9.17, 15) is 18.0 Å². The highest BCUT2D eigenvalue weighted by molar-refractivity contribution is 5.94. The van der Waals surface area contributed by atoms with Gasteiger partial charge < -0.3 is 15.5 Å². The van der Waals surface area contributed by atoms with Gasteiger partial charge in [-0.25, -0.2) is 18.2 Å². The van der Waals surface area contributed by atoms with E-state index in [-0.39, 0.29) is 12.1 Å². The van der Waals surface area contributed by atoms with Gasteiger partial charge in [-0.2, -0.15) is 4.98 Å². The van der Waals surface area contributed by atoms with E-state index in [0.717, 1.165) is 41.7 Å². The predicted octanol–water partition coefficient (Wildman–Crippen LogP) is 4.27. The molecule has 1 saturated carbocycles. The molecule has 0 atom stereocenters. The summed E-state index contributed by atoms with van der Waals surface area (Å²) in [6.07, 6.45) is 2.81. The average Bonchev–Trinajstić information content (AvgIpc) is 2.78. The highest BCUT2D eigenvalue weighted by Crippen LogP contribution is 2.26. The van der Waals surface area contributed by atoms with Crippen LogP contribution in [0.3, 0.4) is 0 Å². The second kappa shape index (κ2) is 9.02. The summed E-state index contributed by atoms with van der Waals surface area (Å²) in [5.74, 6) is -3.80. The van der Waals surface area contributed by atoms with E-state index in [2.05, 4.69) is 20.6 Å². The lowest BCUT2D eigenvalue weighted by Crippen LogP contribution is -2.40. The third kappa shape index (κ3) is 4.46. The van der Waals surface area contributed by atoms with Crippen molar-refractivity contribution in [2.45, 2.75) is 37.8 Å². The number of carbonyl (C=O) groups excluding carboxylic acids is 1. The van der Waals surface area contributed by atoms with E-state index in [1.165, 1.54) is 0 Å². The number of hydrogen-bond donors (Lipinski definition) is 2. The van der Waals surface area contributed by atoms with E-state index in [1.807, 2.05) is 43.3 Å². The quantitative estimate of drug-likeness (QED) is 0.577. The molecule has 4 rings (SSSR count). The van der Waals surface area contributed by atoms with E-state index in [0.29, 0.717) is 18.8 Å². The SMILES string of the molecule is CN(C)c1nc(NC2CCC(NC(=O)c3ccc(F)c(F)c3F)CC2)nc2ccccc12. The molecule has 32 heavy (non-hydrogen) atoms. The zero-order valence-corrected chi connectivity index (χ0v) is 17.8. The standard InChI is InChI=1S/C23H24F3N5O/c1-31(2)21-15-5-3-4-6-18(15)29-23(30-21)28-14-9-7-13(8-10-14)27-22(32)16-11-12-17(24)20(26)19(16)25/h3-6,11-14H,7-10H2,1-2H3,(H,27,32)(H,28,29,30). The number of rotatable bonds is 5. The Morgan fingerprint density at radius 2 is 1.62 bits per heavy atom. The Morgan fingerprint density at radius 1 is 0.938 bits per heavy atom. The minimum Gasteiger partial charge on any atom is -0.362 e. The first-order valence-corrected chi connectivity index (χ1v) is 10.5. The Balaban J connectivity index is 1.38. The highest BCUT2D eigenvalue weighted by atomic mass is 19.2. The fourth-order valence-electron chi connectivity index (χ4n) is 3.99. The van der Waals surface area contributed by atoms with Crippen LogP contribution in [-0.4, -0.2) is 42.1 Å². The molecule has 168 valence electrons. The number of carbonyl (C=O) groups is 1. The van der Waals surface area contributed by atoms with Crippen molar-refractivity contribution in [3.05, 3.63) is 59.4 Å². The van der Waals surface area contributed by atoms with E-state index < -0.39 is 28.9 Å². The van der Waals surface area contributed by atoms with Crippen LogP contribution in [0.2, 0.25) is 0 Å². The third-order valence-corrected chi connectivity index (χ3v) is 5.68. The van der Waals surface area contributed by atoms with Gasteiger partial charge >= 0.3 is 0 Å². The first-order chi connectivity index (χ1) is 15.3. The molecule has 0 bridgehead atoms. The second-order valence-corrected chi connectivity index (χ2v) is 8.17. The largest absolute Gasteiger partial charge is 0.362 e. The number of halogens is 3. The summed E-state index contributed by atoms with van der Waals surface area (Å²) in [5.41, 5.74) is 0.355. The smallest absolute Gasteiger partial charge is 0.254 e. The molecule has 6 nitrogen and oxygen atoms in total. The van der Waals surface area contributed by atoms with Crippen molar-refractivity contribution in [1.29, 1.82) is 0 Å². The topological polar surface area (TPSA) is 70.2 Å². The summed E-state index contributed by atoms with van der Waals surface area (Å²) < 4.78 is 40.4. The fourth-order valence-corrected chi connectivity index (χ4v) is 3.99. The molecule has 2 aromatic carbocycles. The number of anilines is 2. The zero-order valence-electron chi connectivity index (χ0n) is 17.8. The van der Waals surface area contributed by atoms with Gasteiger partial charge in [0.25, 0.3) is 5.91 Å². The Labute approximate surface area is 183 Å². The van der Waals surface area contributed by atoms with Gasteiger partial charge in [-0.3, -0.25) is 4.79 Å². The molecule has 1 fully saturated rings. The van der Waals surface area contributed by atoms with Crippen molar-refractivity contribution in [3.8, 4) is 0 Å². The summed E-state index contributed by atoms with van der Waals surface area (Å²) in [6, 6.07) is 9.46. The third-order valence-electron chi connectivity index (χ3n) is 5.68. The average molecular weight is 443 g/mol. The Bertz CT molecular complexity index is 1150. The lowest BCUT2D eigenvalue weighted by atomic mass is 9.91. The van der Waals surface area contributed by atoms with Gasteiger partial charge in [0.1, 0.15) is 5.82 Å². The van der Waals surface area contributed by atoms with Gasteiger partial charge in [0, 0.05) is 31.6 Å². The fraction of sp³-hybridized carbons (Fsp3) is 0.348. The Morgan fingerprint density at radius 3 is 2.34 bits per heavy atom. The van der Waals surface area contributed by atoms with Gasteiger partial charge in [-0.05, 0) is 49.9 Å². The van der Waals surface area contributed by atoms with Crippen LogP contribution in [0, 0.1) is 17.5 Å². The maximum absolute atomic E-state index is 13.9. The summed E-state index contributed by atoms with van der Waals surface area (Å²) in [7, 11) is 3.87. The van der Waals surface area contributed by atoms with Crippen molar-refractivity contribution in [3.63, 3.8) is 0 Å². The van der Waals surface area contributed by atoms with Crippen LogP contribution in [0.25, 0.3) is 10.9 Å². The van der Waals surface area contributed by atoms with Crippen LogP contribution in [0.15, 0.2) is 36.4 Å². The van der Waals surface area contributed by atoms with E-state index in [1.54, 1.807) is 0 Å². The van der Waals surface area contributed by atoms with Crippen molar-refractivity contribution < 1.29 is 18.0 Å². The van der Waals surface area contributed by atoms with Crippen molar-refractivity contribution in [2.24, 2.45) is 0 Å². The van der Waals surface area contributed by atoms with E-state index in [4.69, 9.17) is 0 Å². The molecule has 1 aromatic heterocycles. The minimum absolute atomic E-state index is 0.124. The first kappa shape index (κ1) is 21.9. The number of nitrogens with one attached hydrogen (secondary N) is 2. The maximum atomic E-state index is 13.9. The number of hydrogen-bond acceptors (Lipinski definition) is 5. The van der Waals surface area contributed by atoms with Crippen molar-refractivity contribution in [1.82, 2.24) is 15.3 Å². The van der Waals surface area contributed by atoms with Crippen LogP contribution in [0.1, 0.15) is 36.0 Å². The van der Waals surface area contributed by atoms with Crippen LogP contribution < -0.4 is 15.5 Å². The lowest BCUT2D eigenvalue weighted by molar-refractivity contribution is 0.0921. The number of nitrogens with zero attached hydrogens (tertiary/aromatic N) is 3. The zero-order chi connectivity index (χ0) is 22.8. The van der Waals surface area contributed by atoms with E-state index >= 15 is 0 Å². The molecule has 1 aliphatic carbocycles. The number of amides is 1. The lowest BCUT2D eigenvalue weighted by Gasteiger charge is -2.30. The normalized spacial score (nSPS) is 18.4. The first-order valence-electron chi connectivity index (χ1n) is 10.5. The predicted molar refractivity (Wildman–Crippen MR) is 117 cm³/mol. The van der Waals surface area contributed by atoms with Crippen LogP contribution in [-0.2, 0) is 0 Å². The van der Waals surface area contributed by atoms with Gasteiger partial charge in [-0.1, -0.05) is 12.1 Å². The van der Waals surface area contributed by atoms with Crippen LogP contribution in [0.4, 0.5) is 24.9 Å². The van der Waals surface area contributed by atoms with Crippen molar-refractivity contribution in [2.75, 3.05) is 24.3 Å². The molecule has 3 aromatic rings. The Hall–Kier alpha value is -3.36. The van der Waals surface area contributed by atoms with Crippen LogP contribution >= 0.6 is 0 Å². The van der Waals surface area contributed by atoms with Crippen LogP contribution in [0.5, 0.6) is 0 Å². The molecular formula is C23H24F3N5O. The summed E-state index contributed by atoms with van der Waals surface area (Å²) in [5, 5.41) is 7.08. The summed E-state index contributed by atoms with van der Waals surface area (Å²) in [6.45, 7) is 0. The molecule has 9 heteroatoms. The molecule has 0 unspecified atom stereocenters. The number of aromatic nitrogens is 2. The molecule has 1 heterocycles. The van der Waals surface area contributed by atoms with Gasteiger partial charge in [-0.15, -0.1) is 0 Å². The highest BCUT2D eigenvalue weighted by Gasteiger charge is 2.26. The molecule has 1 aliphatic rings. The van der Waals surface area contributed by atoms with Gasteiger partial charge in [0.2, 0.25) is 5.95 Å². The number of para-hydroxylation sites is 1. The summed E-state index contributed by atoms with van der Waals surface area (Å²) >= 11 is 0. The van der Waals surface area contributed by atoms with Crippen molar-refractivity contribution >= 4 is 28.6 Å². The summed E-state index contributed by atoms with van der Waals surface area (Å²) in [4.78, 5) is 23.5. The molecular weight excluding hydrogens is 419 g/mol. The molecule has 0 radical (unpaired) electrons. The molecule has 0 saturated heterocycles. The van der Waals surface area contributed by atoms with Gasteiger partial charge in [0.05, 0.1) is 11.1 Å². The minimum atomic E-state index is -1.64. The molecule has 0 spiro atoms.